The van der Waals surface area contributed by atoms with Gasteiger partial charge in [0.1, 0.15) is 5.69 Å². The third-order valence-electron chi connectivity index (χ3n) is 5.61. The highest BCUT2D eigenvalue weighted by Gasteiger charge is 2.27. The molecule has 0 atom stereocenters. The number of hydrogen-bond acceptors (Lipinski definition) is 4. The predicted molar refractivity (Wildman–Crippen MR) is 98.0 cm³/mol. The lowest BCUT2D eigenvalue weighted by Gasteiger charge is -2.32. The molecule has 0 spiro atoms. The number of anilines is 1. The molecule has 2 aliphatic heterocycles. The zero-order chi connectivity index (χ0) is 18.0. The molecule has 0 aliphatic carbocycles. The Morgan fingerprint density at radius 2 is 1.60 bits per heavy atom. The molecule has 1 aromatic carbocycles. The quantitative estimate of drug-likeness (QED) is 0.619. The van der Waals surface area contributed by atoms with Crippen LogP contribution in [-0.2, 0) is 0 Å². The monoisotopic (exact) mass is 345 g/mol. The maximum absolute atomic E-state index is 12.7. The van der Waals surface area contributed by atoms with Crippen LogP contribution in [0.4, 0.5) is 11.4 Å². The van der Waals surface area contributed by atoms with Crippen molar-refractivity contribution in [2.45, 2.75) is 39.5 Å². The summed E-state index contributed by atoms with van der Waals surface area (Å²) in [7, 11) is 0. The fourth-order valence-corrected chi connectivity index (χ4v) is 3.71. The van der Waals surface area contributed by atoms with Gasteiger partial charge in [-0.15, -0.1) is 0 Å². The number of rotatable bonds is 3. The van der Waals surface area contributed by atoms with E-state index in [1.165, 1.54) is 6.07 Å². The van der Waals surface area contributed by atoms with Crippen molar-refractivity contribution >= 4 is 17.3 Å². The minimum atomic E-state index is -0.359. The lowest BCUT2D eigenvalue weighted by molar-refractivity contribution is -0.384. The largest absolute Gasteiger partial charge is 0.366 e. The molecule has 0 unspecified atom stereocenters. The molecule has 0 aromatic heterocycles. The van der Waals surface area contributed by atoms with Crippen LogP contribution in [0, 0.1) is 22.0 Å². The average molecular weight is 345 g/mol. The van der Waals surface area contributed by atoms with Crippen LogP contribution in [-0.4, -0.2) is 41.9 Å². The summed E-state index contributed by atoms with van der Waals surface area (Å²) in [5, 5.41) is 11.6. The molecular weight excluding hydrogens is 318 g/mol. The smallest absolute Gasteiger partial charge is 0.293 e. The van der Waals surface area contributed by atoms with E-state index in [-0.39, 0.29) is 16.5 Å². The normalized spacial score (nSPS) is 19.9. The summed E-state index contributed by atoms with van der Waals surface area (Å²) < 4.78 is 0. The molecule has 0 saturated carbocycles. The van der Waals surface area contributed by atoms with Crippen molar-refractivity contribution < 1.29 is 9.72 Å². The number of hydrogen-bond donors (Lipinski definition) is 0. The van der Waals surface area contributed by atoms with Gasteiger partial charge in [0.2, 0.25) is 0 Å². The second-order valence-corrected chi connectivity index (χ2v) is 7.60. The molecule has 0 N–H and O–H groups in total. The first-order valence-corrected chi connectivity index (χ1v) is 9.28. The molecular formula is C19H27N3O3. The second kappa shape index (κ2) is 7.42. The molecule has 3 rings (SSSR count). The number of nitro benzene ring substituents is 1. The van der Waals surface area contributed by atoms with Gasteiger partial charge in [0.25, 0.3) is 11.6 Å². The van der Waals surface area contributed by atoms with E-state index >= 15 is 0 Å². The van der Waals surface area contributed by atoms with Gasteiger partial charge in [-0.2, -0.15) is 0 Å². The van der Waals surface area contributed by atoms with Crippen molar-refractivity contribution in [3.05, 3.63) is 33.9 Å². The van der Waals surface area contributed by atoms with Crippen molar-refractivity contribution in [2.75, 3.05) is 31.1 Å². The lowest BCUT2D eigenvalue weighted by Crippen LogP contribution is -2.38. The van der Waals surface area contributed by atoms with E-state index < -0.39 is 0 Å². The van der Waals surface area contributed by atoms with Crippen LogP contribution in [0.1, 0.15) is 49.9 Å². The maximum Gasteiger partial charge on any atom is 0.293 e. The lowest BCUT2D eigenvalue weighted by atomic mass is 9.97. The third kappa shape index (κ3) is 3.94. The number of carbonyl (C=O) groups is 1. The number of amides is 1. The zero-order valence-corrected chi connectivity index (χ0v) is 15.1. The number of carbonyl (C=O) groups excluding carboxylic acids is 1. The Bertz CT molecular complexity index is 645. The molecule has 2 heterocycles. The first kappa shape index (κ1) is 17.7. The Kier molecular flexibility index (Phi) is 5.25. The summed E-state index contributed by atoms with van der Waals surface area (Å²) >= 11 is 0. The Hall–Kier alpha value is -2.11. The molecule has 6 heteroatoms. The minimum Gasteiger partial charge on any atom is -0.366 e. The van der Waals surface area contributed by atoms with Crippen LogP contribution >= 0.6 is 0 Å². The van der Waals surface area contributed by atoms with E-state index in [1.54, 1.807) is 12.1 Å². The molecule has 1 aromatic rings. The van der Waals surface area contributed by atoms with Gasteiger partial charge in [0, 0.05) is 37.8 Å². The molecule has 0 radical (unpaired) electrons. The summed E-state index contributed by atoms with van der Waals surface area (Å²) in [6, 6.07) is 4.97. The number of nitro groups is 1. The minimum absolute atomic E-state index is 0.0470. The maximum atomic E-state index is 12.7. The van der Waals surface area contributed by atoms with Crippen molar-refractivity contribution in [2.24, 2.45) is 11.8 Å². The summed E-state index contributed by atoms with van der Waals surface area (Å²) in [4.78, 5) is 27.8. The molecule has 2 saturated heterocycles. The van der Waals surface area contributed by atoms with Gasteiger partial charge >= 0.3 is 0 Å². The van der Waals surface area contributed by atoms with E-state index in [1.807, 2.05) is 4.90 Å². The molecule has 2 fully saturated rings. The Balaban J connectivity index is 1.81. The molecule has 25 heavy (non-hydrogen) atoms. The fraction of sp³-hybridized carbons (Fsp3) is 0.632. The van der Waals surface area contributed by atoms with Crippen molar-refractivity contribution in [3.63, 3.8) is 0 Å². The van der Waals surface area contributed by atoms with Crippen LogP contribution in [0.15, 0.2) is 18.2 Å². The topological polar surface area (TPSA) is 66.7 Å². The molecule has 1 amide bonds. The van der Waals surface area contributed by atoms with E-state index in [2.05, 4.69) is 18.7 Å². The second-order valence-electron chi connectivity index (χ2n) is 7.60. The summed E-state index contributed by atoms with van der Waals surface area (Å²) in [6.07, 6.45) is 4.09. The van der Waals surface area contributed by atoms with Crippen molar-refractivity contribution in [1.82, 2.24) is 4.90 Å². The van der Waals surface area contributed by atoms with E-state index in [0.29, 0.717) is 23.1 Å². The van der Waals surface area contributed by atoms with Gasteiger partial charge in [-0.05, 0) is 49.7 Å². The number of nitrogens with zero attached hydrogens (tertiary/aromatic N) is 3. The van der Waals surface area contributed by atoms with Crippen LogP contribution in [0.3, 0.4) is 0 Å². The van der Waals surface area contributed by atoms with E-state index in [0.717, 1.165) is 51.9 Å². The van der Waals surface area contributed by atoms with Crippen LogP contribution < -0.4 is 4.90 Å². The van der Waals surface area contributed by atoms with Gasteiger partial charge in [0.15, 0.2) is 0 Å². The SMILES string of the molecule is CC1CCN(C(=O)c2ccc(N3CCC(C)CC3)c([N+](=O)[O-])c2)CC1. The standard InChI is InChI=1S/C19H27N3O3/c1-14-5-9-20(10-6-14)17-4-3-16(13-18(17)22(24)25)19(23)21-11-7-15(2)8-12-21/h3-4,13-15H,5-12H2,1-2H3. The summed E-state index contributed by atoms with van der Waals surface area (Å²) in [5.41, 5.74) is 1.11. The van der Waals surface area contributed by atoms with Crippen molar-refractivity contribution in [3.8, 4) is 0 Å². The highest BCUT2D eigenvalue weighted by Crippen LogP contribution is 2.33. The van der Waals surface area contributed by atoms with Gasteiger partial charge in [-0.3, -0.25) is 14.9 Å². The number of benzene rings is 1. The van der Waals surface area contributed by atoms with Crippen LogP contribution in [0.5, 0.6) is 0 Å². The summed E-state index contributed by atoms with van der Waals surface area (Å²) in [5.74, 6) is 1.22. The molecule has 0 bridgehead atoms. The first-order valence-electron chi connectivity index (χ1n) is 9.28. The average Bonchev–Trinajstić information content (AvgIpc) is 2.62. The highest BCUT2D eigenvalue weighted by molar-refractivity contribution is 5.95. The molecule has 6 nitrogen and oxygen atoms in total. The Labute approximate surface area is 148 Å². The Morgan fingerprint density at radius 3 is 2.16 bits per heavy atom. The van der Waals surface area contributed by atoms with Gasteiger partial charge in [0.05, 0.1) is 4.92 Å². The summed E-state index contributed by atoms with van der Waals surface area (Å²) in [6.45, 7) is 7.55. The van der Waals surface area contributed by atoms with E-state index in [9.17, 15) is 14.9 Å². The molecule has 136 valence electrons. The fourth-order valence-electron chi connectivity index (χ4n) is 3.71. The Morgan fingerprint density at radius 1 is 1.04 bits per heavy atom. The van der Waals surface area contributed by atoms with Gasteiger partial charge in [-0.25, -0.2) is 0 Å². The number of likely N-dealkylation sites (tertiary alicyclic amines) is 1. The first-order chi connectivity index (χ1) is 12.0. The van der Waals surface area contributed by atoms with Gasteiger partial charge in [-0.1, -0.05) is 13.8 Å². The van der Waals surface area contributed by atoms with Crippen LogP contribution in [0.25, 0.3) is 0 Å². The zero-order valence-electron chi connectivity index (χ0n) is 15.1. The highest BCUT2D eigenvalue weighted by atomic mass is 16.6. The van der Waals surface area contributed by atoms with Gasteiger partial charge < -0.3 is 9.80 Å². The van der Waals surface area contributed by atoms with Crippen LogP contribution in [0.2, 0.25) is 0 Å². The van der Waals surface area contributed by atoms with Crippen molar-refractivity contribution in [1.29, 1.82) is 0 Å². The third-order valence-corrected chi connectivity index (χ3v) is 5.61. The predicted octanol–water partition coefficient (Wildman–Crippen LogP) is 3.70. The molecule has 2 aliphatic rings. The van der Waals surface area contributed by atoms with E-state index in [4.69, 9.17) is 0 Å². The number of piperidine rings is 2.